The molecule has 1 amide bonds. The number of rotatable bonds is 3. The maximum Gasteiger partial charge on any atom is 0.257 e. The molecule has 1 aromatic heterocycles. The Bertz CT molecular complexity index is 876. The van der Waals surface area contributed by atoms with Crippen molar-refractivity contribution in [3.8, 4) is 0 Å². The van der Waals surface area contributed by atoms with Crippen LogP contribution in [0.4, 0.5) is 5.13 Å². The van der Waals surface area contributed by atoms with E-state index in [1.165, 1.54) is 41.2 Å². The number of aromatic nitrogens is 1. The molecule has 0 saturated carbocycles. The number of sulfone groups is 1. The summed E-state index contributed by atoms with van der Waals surface area (Å²) >= 11 is 1.54. The minimum Gasteiger partial charge on any atom is -0.298 e. The van der Waals surface area contributed by atoms with Crippen LogP contribution >= 0.6 is 11.3 Å². The molecule has 1 N–H and O–H groups in total. The molecule has 0 fully saturated rings. The fourth-order valence-corrected chi connectivity index (χ4v) is 4.69. The second-order valence-corrected chi connectivity index (χ2v) is 9.61. The average molecular weight is 379 g/mol. The van der Waals surface area contributed by atoms with Gasteiger partial charge in [0.05, 0.1) is 10.6 Å². The number of benzene rings is 1. The van der Waals surface area contributed by atoms with Crippen molar-refractivity contribution in [1.29, 1.82) is 0 Å². The molecule has 1 heterocycles. The number of anilines is 1. The number of hydrogen-bond acceptors (Lipinski definition) is 5. The van der Waals surface area contributed by atoms with E-state index in [2.05, 4.69) is 10.3 Å². The first-order chi connectivity index (χ1) is 11.8. The van der Waals surface area contributed by atoms with Crippen molar-refractivity contribution in [2.75, 3.05) is 11.6 Å². The van der Waals surface area contributed by atoms with Crippen molar-refractivity contribution in [2.45, 2.75) is 50.3 Å². The Morgan fingerprint density at radius 3 is 2.60 bits per heavy atom. The van der Waals surface area contributed by atoms with Crippen LogP contribution < -0.4 is 5.32 Å². The summed E-state index contributed by atoms with van der Waals surface area (Å²) in [6, 6.07) is 4.62. The SMILES string of the molecule is Cc1ccc(S(C)(=O)=O)cc1C(=O)Nc1nc2c(s1)CCCCCC2. The third-order valence-corrected chi connectivity index (χ3v) is 6.63. The quantitative estimate of drug-likeness (QED) is 0.882. The molecule has 0 unspecified atom stereocenters. The Kier molecular flexibility index (Phi) is 5.24. The van der Waals surface area contributed by atoms with Crippen LogP contribution in [0.5, 0.6) is 0 Å². The maximum absolute atomic E-state index is 12.6. The van der Waals surface area contributed by atoms with Crippen LogP contribution in [-0.4, -0.2) is 25.6 Å². The molecule has 0 spiro atoms. The third-order valence-electron chi connectivity index (χ3n) is 4.45. The molecular formula is C18H22N2O3S2. The number of thiazole rings is 1. The Hall–Kier alpha value is -1.73. The summed E-state index contributed by atoms with van der Waals surface area (Å²) in [6.07, 6.45) is 7.90. The largest absolute Gasteiger partial charge is 0.298 e. The monoisotopic (exact) mass is 378 g/mol. The maximum atomic E-state index is 12.6. The molecule has 5 nitrogen and oxygen atoms in total. The Balaban J connectivity index is 1.84. The number of carbonyl (C=O) groups excluding carboxylic acids is 1. The van der Waals surface area contributed by atoms with Crippen LogP contribution in [0.25, 0.3) is 0 Å². The van der Waals surface area contributed by atoms with Crippen molar-refractivity contribution in [1.82, 2.24) is 4.98 Å². The minimum atomic E-state index is -3.35. The summed E-state index contributed by atoms with van der Waals surface area (Å²) in [6.45, 7) is 1.79. The summed E-state index contributed by atoms with van der Waals surface area (Å²) in [7, 11) is -3.35. The van der Waals surface area contributed by atoms with Gasteiger partial charge < -0.3 is 0 Å². The van der Waals surface area contributed by atoms with Gasteiger partial charge in [0.25, 0.3) is 5.91 Å². The molecule has 0 radical (unpaired) electrons. The van der Waals surface area contributed by atoms with Crippen molar-refractivity contribution < 1.29 is 13.2 Å². The van der Waals surface area contributed by atoms with Gasteiger partial charge in [-0.15, -0.1) is 11.3 Å². The molecule has 134 valence electrons. The van der Waals surface area contributed by atoms with E-state index in [-0.39, 0.29) is 10.8 Å². The number of aryl methyl sites for hydroxylation is 3. The predicted octanol–water partition coefficient (Wildman–Crippen LogP) is 3.77. The van der Waals surface area contributed by atoms with Gasteiger partial charge >= 0.3 is 0 Å². The predicted molar refractivity (Wildman–Crippen MR) is 100 cm³/mol. The average Bonchev–Trinajstić information content (AvgIpc) is 2.87. The number of fused-ring (bicyclic) bond motifs is 1. The van der Waals surface area contributed by atoms with E-state index in [1.807, 2.05) is 0 Å². The van der Waals surface area contributed by atoms with Crippen LogP contribution in [0.3, 0.4) is 0 Å². The first kappa shape index (κ1) is 18.1. The Labute approximate surface area is 152 Å². The van der Waals surface area contributed by atoms with Crippen molar-refractivity contribution in [3.63, 3.8) is 0 Å². The molecule has 0 atom stereocenters. The summed E-state index contributed by atoms with van der Waals surface area (Å²) in [5, 5.41) is 3.45. The van der Waals surface area contributed by atoms with Gasteiger partial charge in [0.2, 0.25) is 0 Å². The lowest BCUT2D eigenvalue weighted by molar-refractivity contribution is 0.102. The lowest BCUT2D eigenvalue weighted by Crippen LogP contribution is -2.14. The van der Waals surface area contributed by atoms with Gasteiger partial charge in [-0.1, -0.05) is 18.9 Å². The van der Waals surface area contributed by atoms with E-state index in [4.69, 9.17) is 0 Å². The second kappa shape index (κ2) is 7.25. The van der Waals surface area contributed by atoms with E-state index in [9.17, 15) is 13.2 Å². The third kappa shape index (κ3) is 4.27. The van der Waals surface area contributed by atoms with Gasteiger partial charge in [-0.2, -0.15) is 0 Å². The molecule has 7 heteroatoms. The fraction of sp³-hybridized carbons (Fsp3) is 0.444. The molecular weight excluding hydrogens is 356 g/mol. The molecule has 3 rings (SSSR count). The summed E-state index contributed by atoms with van der Waals surface area (Å²) in [4.78, 5) is 18.6. The Morgan fingerprint density at radius 2 is 1.88 bits per heavy atom. The smallest absolute Gasteiger partial charge is 0.257 e. The van der Waals surface area contributed by atoms with E-state index in [0.29, 0.717) is 10.7 Å². The lowest BCUT2D eigenvalue weighted by atomic mass is 10.0. The van der Waals surface area contributed by atoms with E-state index in [0.717, 1.165) is 43.2 Å². The number of carbonyl (C=O) groups is 1. The van der Waals surface area contributed by atoms with Crippen molar-refractivity contribution in [3.05, 3.63) is 39.9 Å². The molecule has 0 bridgehead atoms. The van der Waals surface area contributed by atoms with Gasteiger partial charge in [-0.3, -0.25) is 10.1 Å². The molecule has 2 aromatic rings. The first-order valence-electron chi connectivity index (χ1n) is 8.45. The zero-order valence-corrected chi connectivity index (χ0v) is 16.1. The minimum absolute atomic E-state index is 0.148. The lowest BCUT2D eigenvalue weighted by Gasteiger charge is -2.07. The summed E-state index contributed by atoms with van der Waals surface area (Å²) < 4.78 is 23.5. The summed E-state index contributed by atoms with van der Waals surface area (Å²) in [5.41, 5.74) is 2.20. The van der Waals surface area contributed by atoms with Crippen molar-refractivity contribution >= 4 is 32.2 Å². The highest BCUT2D eigenvalue weighted by Gasteiger charge is 2.18. The number of hydrogen-bond donors (Lipinski definition) is 1. The zero-order valence-electron chi connectivity index (χ0n) is 14.5. The molecule has 0 saturated heterocycles. The molecule has 1 aliphatic rings. The van der Waals surface area contributed by atoms with Crippen LogP contribution in [0.2, 0.25) is 0 Å². The topological polar surface area (TPSA) is 76.1 Å². The zero-order chi connectivity index (χ0) is 18.0. The van der Waals surface area contributed by atoms with Gasteiger partial charge in [-0.05, 0) is 50.3 Å². The van der Waals surface area contributed by atoms with Crippen molar-refractivity contribution in [2.24, 2.45) is 0 Å². The fourth-order valence-electron chi connectivity index (χ4n) is 3.00. The van der Waals surface area contributed by atoms with Crippen LogP contribution in [-0.2, 0) is 22.7 Å². The first-order valence-corrected chi connectivity index (χ1v) is 11.2. The van der Waals surface area contributed by atoms with Crippen LogP contribution in [0.1, 0.15) is 52.2 Å². The summed E-state index contributed by atoms with van der Waals surface area (Å²) in [5.74, 6) is -0.315. The van der Waals surface area contributed by atoms with Gasteiger partial charge in [-0.25, -0.2) is 13.4 Å². The highest BCUT2D eigenvalue weighted by molar-refractivity contribution is 7.90. The number of nitrogens with one attached hydrogen (secondary N) is 1. The van der Waals surface area contributed by atoms with Gasteiger partial charge in [0.1, 0.15) is 0 Å². The second-order valence-electron chi connectivity index (χ2n) is 6.51. The Morgan fingerprint density at radius 1 is 1.16 bits per heavy atom. The van der Waals surface area contributed by atoms with Gasteiger partial charge in [0, 0.05) is 16.7 Å². The molecule has 1 aromatic carbocycles. The number of nitrogens with zero attached hydrogens (tertiary/aromatic N) is 1. The van der Waals surface area contributed by atoms with Gasteiger partial charge in [0.15, 0.2) is 15.0 Å². The van der Waals surface area contributed by atoms with E-state index in [1.54, 1.807) is 13.0 Å². The highest BCUT2D eigenvalue weighted by atomic mass is 32.2. The van der Waals surface area contributed by atoms with Crippen LogP contribution in [0.15, 0.2) is 23.1 Å². The standard InChI is InChI=1S/C18H22N2O3S2/c1-12-9-10-13(25(2,22)23)11-14(12)17(21)20-18-19-15-7-5-3-4-6-8-16(15)24-18/h9-11H,3-8H2,1-2H3,(H,19,20,21). The normalized spacial score (nSPS) is 15.1. The van der Waals surface area contributed by atoms with E-state index < -0.39 is 9.84 Å². The molecule has 1 aliphatic carbocycles. The molecule has 0 aliphatic heterocycles. The highest BCUT2D eigenvalue weighted by Crippen LogP contribution is 2.29. The number of amides is 1. The molecule has 25 heavy (non-hydrogen) atoms. The van der Waals surface area contributed by atoms with E-state index >= 15 is 0 Å². The van der Waals surface area contributed by atoms with Crippen LogP contribution in [0, 0.1) is 6.92 Å².